The molecule has 0 aliphatic carbocycles. The van der Waals surface area contributed by atoms with Crippen LogP contribution in [0.5, 0.6) is 0 Å². The van der Waals surface area contributed by atoms with Gasteiger partial charge in [0.15, 0.2) is 5.78 Å². The van der Waals surface area contributed by atoms with Gasteiger partial charge in [0.1, 0.15) is 10.9 Å². The molecule has 3 rings (SSSR count). The van der Waals surface area contributed by atoms with Crippen LogP contribution in [-0.2, 0) is 4.79 Å². The van der Waals surface area contributed by atoms with Gasteiger partial charge in [0.2, 0.25) is 5.91 Å². The predicted octanol–water partition coefficient (Wildman–Crippen LogP) is 5.16. The lowest BCUT2D eigenvalue weighted by Crippen LogP contribution is -2.24. The fraction of sp³-hybridized carbons (Fsp3) is 0.217. The van der Waals surface area contributed by atoms with E-state index >= 15 is 0 Å². The molecule has 0 bridgehead atoms. The smallest absolute Gasteiger partial charge is 0.237 e. The second-order valence-corrected chi connectivity index (χ2v) is 7.87. The Kier molecular flexibility index (Phi) is 6.77. The Labute approximate surface area is 175 Å². The molecule has 0 saturated heterocycles. The van der Waals surface area contributed by atoms with Crippen LogP contribution in [0.1, 0.15) is 36.5 Å². The van der Waals surface area contributed by atoms with Crippen LogP contribution in [0, 0.1) is 6.92 Å². The number of carbonyl (C=O) groups excluding carboxylic acids is 2. The van der Waals surface area contributed by atoms with Gasteiger partial charge in [0, 0.05) is 16.8 Å². The summed E-state index contributed by atoms with van der Waals surface area (Å²) >= 11 is 1.43. The van der Waals surface area contributed by atoms with Gasteiger partial charge in [-0.2, -0.15) is 0 Å². The highest BCUT2D eigenvalue weighted by molar-refractivity contribution is 8.00. The Hall–Kier alpha value is -2.99. The van der Waals surface area contributed by atoms with Gasteiger partial charge in [0.05, 0.1) is 10.9 Å². The highest BCUT2D eigenvalue weighted by Crippen LogP contribution is 2.28. The van der Waals surface area contributed by atoms with Crippen molar-refractivity contribution in [3.63, 3.8) is 0 Å². The van der Waals surface area contributed by atoms with Crippen LogP contribution in [0.4, 0.5) is 5.69 Å². The summed E-state index contributed by atoms with van der Waals surface area (Å²) in [5.74, 6) is 0.577. The lowest BCUT2D eigenvalue weighted by molar-refractivity contribution is -0.115. The van der Waals surface area contributed by atoms with Gasteiger partial charge in [-0.1, -0.05) is 49.0 Å². The van der Waals surface area contributed by atoms with E-state index in [4.69, 9.17) is 0 Å². The molecule has 0 aliphatic heterocycles. The van der Waals surface area contributed by atoms with E-state index in [2.05, 4.69) is 15.3 Å². The molecular formula is C23H23N3O2S. The van der Waals surface area contributed by atoms with E-state index in [0.717, 1.165) is 16.3 Å². The molecule has 0 aliphatic rings. The molecule has 6 heteroatoms. The van der Waals surface area contributed by atoms with Gasteiger partial charge >= 0.3 is 0 Å². The van der Waals surface area contributed by atoms with E-state index in [9.17, 15) is 9.59 Å². The second kappa shape index (κ2) is 9.47. The maximum Gasteiger partial charge on any atom is 0.237 e. The molecule has 2 aromatic carbocycles. The number of anilines is 1. The summed E-state index contributed by atoms with van der Waals surface area (Å²) in [7, 11) is 0. The summed E-state index contributed by atoms with van der Waals surface area (Å²) in [6.07, 6.45) is 0.658. The first-order valence-corrected chi connectivity index (χ1v) is 10.3. The van der Waals surface area contributed by atoms with E-state index < -0.39 is 0 Å². The van der Waals surface area contributed by atoms with Gasteiger partial charge in [-0.25, -0.2) is 9.97 Å². The van der Waals surface area contributed by atoms with Crippen molar-refractivity contribution in [3.05, 3.63) is 72.1 Å². The molecule has 1 aromatic heterocycles. The number of benzene rings is 2. The molecule has 1 amide bonds. The number of Topliss-reactive ketones (excluding diaryl/α,β-unsaturated/α-hetero) is 1. The van der Waals surface area contributed by atoms with Crippen LogP contribution in [0.3, 0.4) is 0 Å². The molecule has 148 valence electrons. The zero-order valence-corrected chi connectivity index (χ0v) is 17.5. The van der Waals surface area contributed by atoms with Gasteiger partial charge in [-0.15, -0.1) is 0 Å². The van der Waals surface area contributed by atoms with Crippen molar-refractivity contribution in [1.82, 2.24) is 9.97 Å². The second-order valence-electron chi connectivity index (χ2n) is 6.64. The van der Waals surface area contributed by atoms with Crippen molar-refractivity contribution in [2.45, 2.75) is 37.5 Å². The highest BCUT2D eigenvalue weighted by Gasteiger charge is 2.20. The minimum absolute atomic E-state index is 0.00165. The molecule has 1 atom stereocenters. The minimum atomic E-state index is -0.291. The van der Waals surface area contributed by atoms with E-state index in [-0.39, 0.29) is 16.9 Å². The molecule has 1 unspecified atom stereocenters. The molecule has 3 aromatic rings. The normalized spacial score (nSPS) is 11.7. The van der Waals surface area contributed by atoms with Gasteiger partial charge < -0.3 is 5.32 Å². The average molecular weight is 406 g/mol. The topological polar surface area (TPSA) is 72.0 Å². The summed E-state index contributed by atoms with van der Waals surface area (Å²) in [6, 6.07) is 18.8. The summed E-state index contributed by atoms with van der Waals surface area (Å²) in [6.45, 7) is 5.35. The number of ketones is 1. The minimum Gasteiger partial charge on any atom is -0.325 e. The molecule has 0 spiro atoms. The molecule has 0 fully saturated rings. The van der Waals surface area contributed by atoms with E-state index in [1.54, 1.807) is 24.3 Å². The van der Waals surface area contributed by atoms with Crippen LogP contribution in [-0.4, -0.2) is 26.9 Å². The summed E-state index contributed by atoms with van der Waals surface area (Å²) in [4.78, 5) is 33.2. The summed E-state index contributed by atoms with van der Waals surface area (Å²) < 4.78 is 0. The van der Waals surface area contributed by atoms with Gasteiger partial charge in [-0.05, 0) is 50.6 Å². The molecule has 1 N–H and O–H groups in total. The zero-order valence-electron chi connectivity index (χ0n) is 16.7. The van der Waals surface area contributed by atoms with Crippen molar-refractivity contribution >= 4 is 29.1 Å². The number of rotatable bonds is 7. The molecule has 5 nitrogen and oxygen atoms in total. The van der Waals surface area contributed by atoms with Crippen LogP contribution in [0.15, 0.2) is 65.7 Å². The third-order valence-corrected chi connectivity index (χ3v) is 5.65. The Bertz CT molecular complexity index is 1000. The Morgan fingerprint density at radius 1 is 1.03 bits per heavy atom. The number of aryl methyl sites for hydroxylation is 1. The van der Waals surface area contributed by atoms with Crippen molar-refractivity contribution < 1.29 is 9.59 Å². The Balaban J connectivity index is 1.74. The summed E-state index contributed by atoms with van der Waals surface area (Å²) in [5, 5.41) is 3.40. The molecular weight excluding hydrogens is 382 g/mol. The lowest BCUT2D eigenvalue weighted by Gasteiger charge is -2.15. The van der Waals surface area contributed by atoms with Crippen molar-refractivity contribution in [1.29, 1.82) is 0 Å². The van der Waals surface area contributed by atoms with Crippen molar-refractivity contribution in [2.24, 2.45) is 0 Å². The number of hydrogen-bond acceptors (Lipinski definition) is 5. The quantitative estimate of drug-likeness (QED) is 0.334. The average Bonchev–Trinajstić information content (AvgIpc) is 2.72. The van der Waals surface area contributed by atoms with Crippen LogP contribution in [0.2, 0.25) is 0 Å². The fourth-order valence-electron chi connectivity index (χ4n) is 2.84. The third-order valence-electron chi connectivity index (χ3n) is 4.37. The number of thioether (sulfide) groups is 1. The van der Waals surface area contributed by atoms with E-state index in [1.165, 1.54) is 18.7 Å². The Morgan fingerprint density at radius 2 is 1.72 bits per heavy atom. The standard InChI is InChI=1S/C23H23N3O2S/c1-4-21(23(28)26-19-12-10-17(11-13-19)15(2)27)29-22-14-20(24-16(3)25-22)18-8-6-5-7-9-18/h5-14,21H,4H2,1-3H3,(H,26,28). The number of nitrogens with zero attached hydrogens (tertiary/aromatic N) is 2. The maximum atomic E-state index is 12.8. The van der Waals surface area contributed by atoms with Crippen LogP contribution < -0.4 is 5.32 Å². The first-order chi connectivity index (χ1) is 14.0. The maximum absolute atomic E-state index is 12.8. The zero-order chi connectivity index (χ0) is 20.8. The van der Waals surface area contributed by atoms with E-state index in [1.807, 2.05) is 50.2 Å². The largest absolute Gasteiger partial charge is 0.325 e. The number of amides is 1. The molecule has 1 heterocycles. The monoisotopic (exact) mass is 405 g/mol. The Morgan fingerprint density at radius 3 is 2.34 bits per heavy atom. The third kappa shape index (κ3) is 5.51. The lowest BCUT2D eigenvalue weighted by atomic mass is 10.1. The van der Waals surface area contributed by atoms with Crippen LogP contribution >= 0.6 is 11.8 Å². The van der Waals surface area contributed by atoms with Crippen LogP contribution in [0.25, 0.3) is 11.3 Å². The number of nitrogens with one attached hydrogen (secondary N) is 1. The van der Waals surface area contributed by atoms with Crippen molar-refractivity contribution in [2.75, 3.05) is 5.32 Å². The SMILES string of the molecule is CCC(Sc1cc(-c2ccccc2)nc(C)n1)C(=O)Nc1ccc(C(C)=O)cc1. The van der Waals surface area contributed by atoms with Gasteiger partial charge in [0.25, 0.3) is 0 Å². The molecule has 0 saturated carbocycles. The summed E-state index contributed by atoms with van der Waals surface area (Å²) in [5.41, 5.74) is 3.15. The highest BCUT2D eigenvalue weighted by atomic mass is 32.2. The number of carbonyl (C=O) groups is 2. The first kappa shape index (κ1) is 20.7. The molecule has 29 heavy (non-hydrogen) atoms. The number of aromatic nitrogens is 2. The van der Waals surface area contributed by atoms with E-state index in [0.29, 0.717) is 23.5 Å². The predicted molar refractivity (Wildman–Crippen MR) is 117 cm³/mol. The molecule has 0 radical (unpaired) electrons. The fourth-order valence-corrected chi connectivity index (χ4v) is 3.83. The van der Waals surface area contributed by atoms with Gasteiger partial charge in [-0.3, -0.25) is 9.59 Å². The number of hydrogen-bond donors (Lipinski definition) is 1. The van der Waals surface area contributed by atoms with Crippen molar-refractivity contribution in [3.8, 4) is 11.3 Å². The first-order valence-electron chi connectivity index (χ1n) is 9.46.